The topological polar surface area (TPSA) is 308 Å². The molecule has 0 saturated heterocycles. The first-order chi connectivity index (χ1) is 48.1. The summed E-state index contributed by atoms with van der Waals surface area (Å²) in [5.41, 5.74) is 11.2. The molecule has 0 fully saturated rings. The van der Waals surface area contributed by atoms with Crippen molar-refractivity contribution in [2.45, 2.75) is 90.5 Å². The predicted octanol–water partition coefficient (Wildman–Crippen LogP) is 12.3. The van der Waals surface area contributed by atoms with Gasteiger partial charge in [-0.25, -0.2) is 19.9 Å². The van der Waals surface area contributed by atoms with Gasteiger partial charge >= 0.3 is 12.8 Å². The Morgan fingerprint density at radius 3 is 1.34 bits per heavy atom. The van der Waals surface area contributed by atoms with Crippen LogP contribution in [0.2, 0.25) is 0 Å². The summed E-state index contributed by atoms with van der Waals surface area (Å²) in [5.74, 6) is 3.85. The second kappa shape index (κ2) is 34.8. The van der Waals surface area contributed by atoms with Crippen LogP contribution in [0.3, 0.4) is 0 Å². The van der Waals surface area contributed by atoms with Crippen molar-refractivity contribution >= 4 is 87.3 Å². The number of aryl methyl sites for hydroxylation is 1. The number of ether oxygens (including phenoxy) is 8. The first kappa shape index (κ1) is 74.4. The van der Waals surface area contributed by atoms with E-state index in [2.05, 4.69) is 64.5 Å². The van der Waals surface area contributed by atoms with Crippen LogP contribution in [0.4, 0.5) is 22.0 Å². The van der Waals surface area contributed by atoms with Crippen molar-refractivity contribution in [3.8, 4) is 40.2 Å². The second-order valence-electron chi connectivity index (χ2n) is 21.5. The lowest BCUT2D eigenvalue weighted by Crippen LogP contribution is -2.19. The van der Waals surface area contributed by atoms with Crippen LogP contribution < -0.4 is 33.2 Å². The predicted molar refractivity (Wildman–Crippen MR) is 367 cm³/mol. The summed E-state index contributed by atoms with van der Waals surface area (Å²) in [6, 6.07) is 29.5. The Morgan fingerprint density at radius 2 is 0.880 bits per heavy atom. The van der Waals surface area contributed by atoms with Gasteiger partial charge in [0.1, 0.15) is 28.7 Å². The first-order valence-corrected chi connectivity index (χ1v) is 35.5. The number of aromatic amines is 4. The molecule has 0 amide bonds. The zero-order chi connectivity index (χ0) is 71.6. The lowest BCUT2D eigenvalue weighted by atomic mass is 10.1. The van der Waals surface area contributed by atoms with Crippen LogP contribution in [0.5, 0.6) is 40.2 Å². The molecule has 0 aliphatic rings. The lowest BCUT2D eigenvalue weighted by Gasteiger charge is -2.13. The number of halogens is 5. The Morgan fingerprint density at radius 1 is 0.450 bits per heavy atom. The summed E-state index contributed by atoms with van der Waals surface area (Å²) in [6.45, 7) is 4.31. The van der Waals surface area contributed by atoms with Gasteiger partial charge in [0.25, 0.3) is 0 Å². The number of nitrogens with one attached hydrogen (secondary N) is 4. The third-order valence-electron chi connectivity index (χ3n) is 14.8. The molecule has 4 N–H and O–H groups in total. The van der Waals surface area contributed by atoms with Crippen LogP contribution in [0.15, 0.2) is 149 Å². The SMILES string of the molecule is COCCCOc1ccnc(CS(=O)c2nc3ccccc3[nH]2)c1C.COc1ccc2nc(S(=O)Cc3ncc(C)c(OC)c3C)[nH]c2c1.COc1ccnc(CS(=O)c2nc3ccc(OC(F)F)cc3[nH]2)c1OC.Cc1c(OCC(F)(F)F)ccnc1CS(=O)c1nc2ccccc2[nH]1. The van der Waals surface area contributed by atoms with E-state index in [1.165, 1.54) is 50.9 Å². The fourth-order valence-corrected chi connectivity index (χ4v) is 14.0. The number of imidazole rings is 4. The summed E-state index contributed by atoms with van der Waals surface area (Å²) in [7, 11) is 2.17. The van der Waals surface area contributed by atoms with Gasteiger partial charge in [0.15, 0.2) is 38.7 Å². The third kappa shape index (κ3) is 19.5. The monoisotopic (exact) mass is 1460 g/mol. The van der Waals surface area contributed by atoms with E-state index in [1.807, 2.05) is 87.5 Å². The Balaban J connectivity index is 0.000000156. The second-order valence-corrected chi connectivity index (χ2v) is 27.0. The Labute approximate surface area is 579 Å². The highest BCUT2D eigenvalue weighted by atomic mass is 32.2. The third-order valence-corrected chi connectivity index (χ3v) is 19.4. The molecular weight excluding hydrogens is 1390 g/mol. The van der Waals surface area contributed by atoms with Crippen LogP contribution in [0.25, 0.3) is 44.1 Å². The zero-order valence-electron chi connectivity index (χ0n) is 55.4. The van der Waals surface area contributed by atoms with Crippen LogP contribution in [-0.2, 0) is 70.9 Å². The number of methoxy groups -OCH3 is 5. The molecule has 0 aliphatic carbocycles. The van der Waals surface area contributed by atoms with E-state index in [-0.39, 0.29) is 33.9 Å². The average Bonchev–Trinajstić information content (AvgIpc) is 1.76. The van der Waals surface area contributed by atoms with Crippen molar-refractivity contribution in [2.75, 3.05) is 55.4 Å². The highest BCUT2D eigenvalue weighted by Crippen LogP contribution is 2.33. The highest BCUT2D eigenvalue weighted by molar-refractivity contribution is 7.84. The smallest absolute Gasteiger partial charge is 0.422 e. The molecule has 100 heavy (non-hydrogen) atoms. The molecule has 0 spiro atoms. The molecule has 33 heteroatoms. The maximum Gasteiger partial charge on any atom is 0.422 e. The van der Waals surface area contributed by atoms with Crippen LogP contribution >= 0.6 is 0 Å². The summed E-state index contributed by atoms with van der Waals surface area (Å²) in [5, 5.41) is 1.39. The number of H-pyrrole nitrogens is 4. The molecule has 12 aromatic rings. The summed E-state index contributed by atoms with van der Waals surface area (Å²) < 4.78 is 153. The fraction of sp³-hybridized carbons (Fsp3) is 0.284. The van der Waals surface area contributed by atoms with Crippen molar-refractivity contribution in [2.24, 2.45) is 0 Å². The number of hydrogen-bond acceptors (Lipinski definition) is 20. The number of hydrogen-bond donors (Lipinski definition) is 4. The van der Waals surface area contributed by atoms with E-state index in [0.717, 1.165) is 79.3 Å². The molecule has 0 saturated carbocycles. The number of fused-ring (bicyclic) bond motifs is 4. The molecule has 4 atom stereocenters. The van der Waals surface area contributed by atoms with Gasteiger partial charge < -0.3 is 57.8 Å². The molecule has 528 valence electrons. The number of benzene rings is 4. The minimum absolute atomic E-state index is 0.00962. The first-order valence-electron chi connectivity index (χ1n) is 30.2. The van der Waals surface area contributed by atoms with Crippen molar-refractivity contribution < 1.29 is 76.7 Å². The van der Waals surface area contributed by atoms with E-state index >= 15 is 0 Å². The summed E-state index contributed by atoms with van der Waals surface area (Å²) in [4.78, 5) is 46.4. The molecule has 4 aromatic carbocycles. The lowest BCUT2D eigenvalue weighted by molar-refractivity contribution is -0.153. The summed E-state index contributed by atoms with van der Waals surface area (Å²) in [6.07, 6.45) is 2.68. The molecule has 12 rings (SSSR count). The maximum atomic E-state index is 12.7. The molecule has 8 aromatic heterocycles. The van der Waals surface area contributed by atoms with Gasteiger partial charge in [0.05, 0.1) is 168 Å². The van der Waals surface area contributed by atoms with Crippen LogP contribution in [0, 0.1) is 27.7 Å². The normalized spacial score (nSPS) is 12.6. The standard InChI is InChI=1S/C18H21N3O3S.C17H19N3O3S.C16H14F3N3O2S.C16H15F2N3O4S/c1-13-16(19-9-8-17(13)24-11-5-10-23-2)12-25(22)18-20-14-6-3-4-7-15(14)21-18;1-10-8-18-15(11(2)16(10)23-4)9-24(21)17-19-13-6-5-12(22-3)7-14(13)20-17;1-10-13(20-7-6-14(10)24-9-16(17,18)19)8-25(23)15-21-11-4-2-3-5-12(11)22-15;1-23-13-5-6-19-12(14(13)24-2)8-26(22)16-20-10-4-3-9(25-15(17)18)7-11(10)21-16/h3-4,6-9H,5,10-12H2,1-2H3,(H,20,21);5-8H,9H2,1-4H3,(H,19,20);2-7H,8-9H2,1H3,(H,21,22);3-7,15H,8H2,1-2H3,(H,20,21). The average molecular weight is 1460 g/mol. The molecule has 8 heterocycles. The number of para-hydroxylation sites is 4. The van der Waals surface area contributed by atoms with Crippen molar-refractivity contribution in [1.82, 2.24) is 59.8 Å². The van der Waals surface area contributed by atoms with Gasteiger partial charge in [-0.3, -0.25) is 36.8 Å². The van der Waals surface area contributed by atoms with E-state index < -0.39 is 62.6 Å². The Bertz CT molecular complexity index is 4820. The quantitative estimate of drug-likeness (QED) is 0.0305. The molecular formula is C67H69F5N12O12S4. The van der Waals surface area contributed by atoms with Gasteiger partial charge in [-0.15, -0.1) is 0 Å². The minimum atomic E-state index is -4.42. The largest absolute Gasteiger partial charge is 0.497 e. The fourth-order valence-electron chi connectivity index (χ4n) is 9.73. The number of alkyl halides is 5. The van der Waals surface area contributed by atoms with Gasteiger partial charge in [-0.2, -0.15) is 22.0 Å². The zero-order valence-corrected chi connectivity index (χ0v) is 58.6. The van der Waals surface area contributed by atoms with Gasteiger partial charge in [-0.05, 0) is 88.4 Å². The van der Waals surface area contributed by atoms with E-state index in [4.69, 9.17) is 33.2 Å². The van der Waals surface area contributed by atoms with Gasteiger partial charge in [-0.1, -0.05) is 24.3 Å². The molecule has 0 aliphatic heterocycles. The maximum absolute atomic E-state index is 12.7. The number of aromatic nitrogens is 12. The number of nitrogens with zero attached hydrogens (tertiary/aromatic N) is 8. The Kier molecular flexibility index (Phi) is 25.9. The van der Waals surface area contributed by atoms with Crippen molar-refractivity contribution in [1.29, 1.82) is 0 Å². The van der Waals surface area contributed by atoms with Crippen LogP contribution in [0.1, 0.15) is 51.5 Å². The van der Waals surface area contributed by atoms with Crippen molar-refractivity contribution in [3.05, 3.63) is 173 Å². The van der Waals surface area contributed by atoms with Crippen molar-refractivity contribution in [3.63, 3.8) is 0 Å². The molecule has 4 unspecified atom stereocenters. The summed E-state index contributed by atoms with van der Waals surface area (Å²) >= 11 is 0. The number of pyridine rings is 4. The van der Waals surface area contributed by atoms with Gasteiger partial charge in [0, 0.05) is 85.4 Å². The van der Waals surface area contributed by atoms with Gasteiger partial charge in [0.2, 0.25) is 0 Å². The van der Waals surface area contributed by atoms with E-state index in [0.29, 0.717) is 79.4 Å². The number of rotatable bonds is 25. The molecule has 0 bridgehead atoms. The Hall–Kier alpha value is -9.83. The molecule has 24 nitrogen and oxygen atoms in total. The molecule has 0 radical (unpaired) electrons. The minimum Gasteiger partial charge on any atom is -0.497 e. The van der Waals surface area contributed by atoms with E-state index in [9.17, 15) is 38.8 Å². The highest BCUT2D eigenvalue weighted by Gasteiger charge is 2.29. The van der Waals surface area contributed by atoms with E-state index in [1.54, 1.807) is 52.8 Å². The van der Waals surface area contributed by atoms with Crippen LogP contribution in [-0.4, -0.2) is 145 Å².